The first-order valence-electron chi connectivity index (χ1n) is 5.57. The summed E-state index contributed by atoms with van der Waals surface area (Å²) in [5, 5.41) is 3.39. The van der Waals surface area contributed by atoms with Crippen LogP contribution in [-0.4, -0.2) is 4.98 Å². The van der Waals surface area contributed by atoms with Crippen molar-refractivity contribution in [3.05, 3.63) is 57.8 Å². The first kappa shape index (κ1) is 12.1. The van der Waals surface area contributed by atoms with Crippen molar-refractivity contribution in [1.82, 2.24) is 4.98 Å². The Morgan fingerprint density at radius 2 is 1.88 bits per heavy atom. The van der Waals surface area contributed by atoms with E-state index in [1.165, 1.54) is 15.6 Å². The molecule has 0 amide bonds. The van der Waals surface area contributed by atoms with Crippen LogP contribution in [0, 0.1) is 13.8 Å². The maximum atomic E-state index is 4.28. The Labute approximate surface area is 110 Å². The van der Waals surface area contributed by atoms with Crippen LogP contribution in [0.25, 0.3) is 0 Å². The third-order valence-electron chi connectivity index (χ3n) is 2.64. The summed E-state index contributed by atoms with van der Waals surface area (Å²) in [6.45, 7) is 4.95. The van der Waals surface area contributed by atoms with E-state index in [-0.39, 0.29) is 0 Å². The normalized spacial score (nSPS) is 10.3. The standard InChI is InChI=1S/C14H15BrN2/c1-10-7-13(8-11(2)14(10)15)17-9-12-5-3-4-6-16-12/h3-8,17H,9H2,1-2H3. The van der Waals surface area contributed by atoms with Crippen molar-refractivity contribution in [1.29, 1.82) is 0 Å². The minimum atomic E-state index is 0.751. The van der Waals surface area contributed by atoms with Crippen LogP contribution >= 0.6 is 15.9 Å². The summed E-state index contributed by atoms with van der Waals surface area (Å²) in [7, 11) is 0. The predicted octanol–water partition coefficient (Wildman–Crippen LogP) is 4.07. The Bertz CT molecular complexity index is 486. The lowest BCUT2D eigenvalue weighted by molar-refractivity contribution is 1.04. The molecule has 0 radical (unpaired) electrons. The smallest absolute Gasteiger partial charge is 0.0594 e. The summed E-state index contributed by atoms with van der Waals surface area (Å²) in [5.41, 5.74) is 4.67. The number of pyridine rings is 1. The second-order valence-electron chi connectivity index (χ2n) is 4.10. The molecule has 88 valence electrons. The van der Waals surface area contributed by atoms with Crippen LogP contribution in [0.2, 0.25) is 0 Å². The van der Waals surface area contributed by atoms with Crippen molar-refractivity contribution in [3.63, 3.8) is 0 Å². The Morgan fingerprint density at radius 1 is 1.18 bits per heavy atom. The number of aromatic nitrogens is 1. The van der Waals surface area contributed by atoms with Gasteiger partial charge in [-0.25, -0.2) is 0 Å². The van der Waals surface area contributed by atoms with Crippen molar-refractivity contribution in [2.75, 3.05) is 5.32 Å². The fourth-order valence-corrected chi connectivity index (χ4v) is 1.97. The zero-order valence-corrected chi connectivity index (χ0v) is 11.6. The molecule has 2 nitrogen and oxygen atoms in total. The maximum absolute atomic E-state index is 4.28. The monoisotopic (exact) mass is 290 g/mol. The molecule has 0 aliphatic heterocycles. The van der Waals surface area contributed by atoms with E-state index >= 15 is 0 Å². The molecule has 2 aromatic rings. The summed E-state index contributed by atoms with van der Waals surface area (Å²) in [6, 6.07) is 10.2. The van der Waals surface area contributed by atoms with Gasteiger partial charge in [0.15, 0.2) is 0 Å². The molecule has 1 heterocycles. The van der Waals surface area contributed by atoms with Crippen LogP contribution in [-0.2, 0) is 6.54 Å². The van der Waals surface area contributed by atoms with Gasteiger partial charge in [0.05, 0.1) is 12.2 Å². The third kappa shape index (κ3) is 3.07. The van der Waals surface area contributed by atoms with Gasteiger partial charge >= 0.3 is 0 Å². The number of halogens is 1. The van der Waals surface area contributed by atoms with E-state index in [0.29, 0.717) is 0 Å². The highest BCUT2D eigenvalue weighted by atomic mass is 79.9. The van der Waals surface area contributed by atoms with Gasteiger partial charge in [0, 0.05) is 16.4 Å². The van der Waals surface area contributed by atoms with E-state index in [1.807, 2.05) is 24.4 Å². The molecular weight excluding hydrogens is 276 g/mol. The van der Waals surface area contributed by atoms with Crippen LogP contribution in [0.15, 0.2) is 41.0 Å². The second kappa shape index (κ2) is 5.32. The summed E-state index contributed by atoms with van der Waals surface area (Å²) >= 11 is 3.57. The van der Waals surface area contributed by atoms with Crippen molar-refractivity contribution >= 4 is 21.6 Å². The van der Waals surface area contributed by atoms with Crippen molar-refractivity contribution in [3.8, 4) is 0 Å². The van der Waals surface area contributed by atoms with E-state index in [0.717, 1.165) is 17.9 Å². The molecule has 2 rings (SSSR count). The summed E-state index contributed by atoms with van der Waals surface area (Å²) in [6.07, 6.45) is 1.81. The average Bonchev–Trinajstić information content (AvgIpc) is 2.34. The summed E-state index contributed by atoms with van der Waals surface area (Å²) in [4.78, 5) is 4.28. The Hall–Kier alpha value is -1.35. The van der Waals surface area contributed by atoms with E-state index in [1.54, 1.807) is 0 Å². The first-order chi connectivity index (χ1) is 8.16. The lowest BCUT2D eigenvalue weighted by Crippen LogP contribution is -2.01. The molecule has 17 heavy (non-hydrogen) atoms. The molecule has 0 atom stereocenters. The molecular formula is C14H15BrN2. The lowest BCUT2D eigenvalue weighted by Gasteiger charge is -2.10. The Morgan fingerprint density at radius 3 is 2.47 bits per heavy atom. The SMILES string of the molecule is Cc1cc(NCc2ccccn2)cc(C)c1Br. The van der Waals surface area contributed by atoms with Gasteiger partial charge in [-0.15, -0.1) is 0 Å². The molecule has 0 saturated carbocycles. The number of aryl methyl sites for hydroxylation is 2. The molecule has 0 spiro atoms. The average molecular weight is 291 g/mol. The first-order valence-corrected chi connectivity index (χ1v) is 6.36. The van der Waals surface area contributed by atoms with Crippen molar-refractivity contribution in [2.24, 2.45) is 0 Å². The molecule has 0 unspecified atom stereocenters. The predicted molar refractivity (Wildman–Crippen MR) is 75.2 cm³/mol. The van der Waals surface area contributed by atoms with Gasteiger partial charge in [-0.1, -0.05) is 22.0 Å². The fourth-order valence-electron chi connectivity index (χ4n) is 1.74. The summed E-state index contributed by atoms with van der Waals surface area (Å²) < 4.78 is 1.18. The zero-order chi connectivity index (χ0) is 12.3. The number of hydrogen-bond acceptors (Lipinski definition) is 2. The minimum absolute atomic E-state index is 0.751. The quantitative estimate of drug-likeness (QED) is 0.922. The van der Waals surface area contributed by atoms with Gasteiger partial charge in [-0.2, -0.15) is 0 Å². The van der Waals surface area contributed by atoms with Gasteiger partial charge in [-0.3, -0.25) is 4.98 Å². The highest BCUT2D eigenvalue weighted by Gasteiger charge is 2.02. The Balaban J connectivity index is 2.10. The number of hydrogen-bond donors (Lipinski definition) is 1. The van der Waals surface area contributed by atoms with Gasteiger partial charge < -0.3 is 5.32 Å². The molecule has 1 aromatic heterocycles. The highest BCUT2D eigenvalue weighted by molar-refractivity contribution is 9.10. The van der Waals surface area contributed by atoms with Gasteiger partial charge in [0.25, 0.3) is 0 Å². The van der Waals surface area contributed by atoms with Gasteiger partial charge in [-0.05, 0) is 49.2 Å². The molecule has 1 N–H and O–H groups in total. The number of rotatable bonds is 3. The van der Waals surface area contributed by atoms with E-state index in [4.69, 9.17) is 0 Å². The molecule has 0 fully saturated rings. The molecule has 3 heteroatoms. The molecule has 0 aliphatic carbocycles. The second-order valence-corrected chi connectivity index (χ2v) is 4.89. The lowest BCUT2D eigenvalue weighted by atomic mass is 10.1. The number of nitrogens with zero attached hydrogens (tertiary/aromatic N) is 1. The van der Waals surface area contributed by atoms with E-state index in [9.17, 15) is 0 Å². The number of nitrogens with one attached hydrogen (secondary N) is 1. The minimum Gasteiger partial charge on any atom is -0.379 e. The third-order valence-corrected chi connectivity index (χ3v) is 3.89. The van der Waals surface area contributed by atoms with Gasteiger partial charge in [0.2, 0.25) is 0 Å². The molecule has 1 aromatic carbocycles. The van der Waals surface area contributed by atoms with Crippen LogP contribution in [0.5, 0.6) is 0 Å². The van der Waals surface area contributed by atoms with Crippen LogP contribution in [0.3, 0.4) is 0 Å². The number of anilines is 1. The summed E-state index contributed by atoms with van der Waals surface area (Å²) in [5.74, 6) is 0. The van der Waals surface area contributed by atoms with Crippen LogP contribution < -0.4 is 5.32 Å². The van der Waals surface area contributed by atoms with Crippen LogP contribution in [0.1, 0.15) is 16.8 Å². The molecule has 0 saturated heterocycles. The topological polar surface area (TPSA) is 24.9 Å². The Kier molecular flexibility index (Phi) is 3.79. The van der Waals surface area contributed by atoms with E-state index < -0.39 is 0 Å². The molecule has 0 bridgehead atoms. The van der Waals surface area contributed by atoms with E-state index in [2.05, 4.69) is 52.2 Å². The largest absolute Gasteiger partial charge is 0.379 e. The molecule has 0 aliphatic rings. The van der Waals surface area contributed by atoms with Crippen molar-refractivity contribution < 1.29 is 0 Å². The highest BCUT2D eigenvalue weighted by Crippen LogP contribution is 2.25. The zero-order valence-electron chi connectivity index (χ0n) is 10.00. The van der Waals surface area contributed by atoms with Crippen LogP contribution in [0.4, 0.5) is 5.69 Å². The van der Waals surface area contributed by atoms with Crippen molar-refractivity contribution in [2.45, 2.75) is 20.4 Å². The maximum Gasteiger partial charge on any atom is 0.0594 e. The number of benzene rings is 1. The van der Waals surface area contributed by atoms with Gasteiger partial charge in [0.1, 0.15) is 0 Å². The fraction of sp³-hybridized carbons (Fsp3) is 0.214.